The van der Waals surface area contributed by atoms with Crippen LogP contribution in [0.3, 0.4) is 0 Å². The molecule has 19 heavy (non-hydrogen) atoms. The summed E-state index contributed by atoms with van der Waals surface area (Å²) in [6.45, 7) is 5.88. The molecule has 0 fully saturated rings. The molecule has 0 saturated carbocycles. The van der Waals surface area contributed by atoms with Crippen LogP contribution in [0.15, 0.2) is 28.7 Å². The first kappa shape index (κ1) is 16.0. The zero-order valence-corrected chi connectivity index (χ0v) is 13.3. The smallest absolute Gasteiger partial charge is 0.408 e. The van der Waals surface area contributed by atoms with Gasteiger partial charge < -0.3 is 14.8 Å². The van der Waals surface area contributed by atoms with Gasteiger partial charge in [-0.1, -0.05) is 28.1 Å². The lowest BCUT2D eigenvalue weighted by Crippen LogP contribution is -2.36. The molecule has 0 heterocycles. The van der Waals surface area contributed by atoms with Gasteiger partial charge in [-0.3, -0.25) is 0 Å². The van der Waals surface area contributed by atoms with Crippen molar-refractivity contribution in [2.24, 2.45) is 0 Å². The minimum Gasteiger partial charge on any atom is -0.444 e. The van der Waals surface area contributed by atoms with E-state index in [9.17, 15) is 4.79 Å². The summed E-state index contributed by atoms with van der Waals surface area (Å²) in [6, 6.07) is 7.49. The molecule has 0 aliphatic carbocycles. The monoisotopic (exact) mass is 329 g/mol. The van der Waals surface area contributed by atoms with Crippen molar-refractivity contribution in [3.63, 3.8) is 0 Å². The Balaban J connectivity index is 2.73. The van der Waals surface area contributed by atoms with Crippen molar-refractivity contribution >= 4 is 22.0 Å². The molecule has 1 amide bonds. The summed E-state index contributed by atoms with van der Waals surface area (Å²) in [7, 11) is 1.60. The summed E-state index contributed by atoms with van der Waals surface area (Å²) in [5.41, 5.74) is 0.456. The lowest BCUT2D eigenvalue weighted by Gasteiger charge is -2.23. The summed E-state index contributed by atoms with van der Waals surface area (Å²) in [5.74, 6) is 0. The maximum Gasteiger partial charge on any atom is 0.408 e. The molecule has 1 aromatic rings. The van der Waals surface area contributed by atoms with Gasteiger partial charge in [0.05, 0.1) is 12.6 Å². The number of nitrogens with one attached hydrogen (secondary N) is 1. The maximum absolute atomic E-state index is 11.8. The van der Waals surface area contributed by atoms with E-state index < -0.39 is 11.7 Å². The molecule has 0 spiro atoms. The van der Waals surface area contributed by atoms with Gasteiger partial charge >= 0.3 is 6.09 Å². The van der Waals surface area contributed by atoms with E-state index in [4.69, 9.17) is 9.47 Å². The number of ether oxygens (including phenoxy) is 2. The number of halogens is 1. The molecule has 1 aromatic carbocycles. The molecule has 1 atom stereocenters. The van der Waals surface area contributed by atoms with Crippen molar-refractivity contribution in [1.82, 2.24) is 5.32 Å². The highest BCUT2D eigenvalue weighted by Gasteiger charge is 2.20. The first-order valence-corrected chi connectivity index (χ1v) is 6.85. The fourth-order valence-corrected chi connectivity index (χ4v) is 1.80. The number of carbonyl (C=O) groups is 1. The predicted octanol–water partition coefficient (Wildman–Crippen LogP) is 3.66. The Morgan fingerprint density at radius 3 is 2.37 bits per heavy atom. The van der Waals surface area contributed by atoms with E-state index in [1.165, 1.54) is 0 Å². The van der Waals surface area contributed by atoms with E-state index in [0.717, 1.165) is 10.0 Å². The maximum atomic E-state index is 11.8. The molecule has 1 rings (SSSR count). The lowest BCUT2D eigenvalue weighted by atomic mass is 10.1. The Hall–Kier alpha value is -1.07. The van der Waals surface area contributed by atoms with Crippen molar-refractivity contribution in [3.8, 4) is 0 Å². The van der Waals surface area contributed by atoms with Gasteiger partial charge in [0.1, 0.15) is 5.60 Å². The molecule has 0 unspecified atom stereocenters. The van der Waals surface area contributed by atoms with Crippen LogP contribution in [-0.4, -0.2) is 25.4 Å². The molecule has 5 heteroatoms. The van der Waals surface area contributed by atoms with Crippen LogP contribution in [0.4, 0.5) is 4.79 Å². The van der Waals surface area contributed by atoms with Crippen molar-refractivity contribution in [1.29, 1.82) is 0 Å². The quantitative estimate of drug-likeness (QED) is 0.916. The molecule has 106 valence electrons. The van der Waals surface area contributed by atoms with Crippen molar-refractivity contribution in [2.75, 3.05) is 13.7 Å². The van der Waals surface area contributed by atoms with E-state index >= 15 is 0 Å². The van der Waals surface area contributed by atoms with Crippen molar-refractivity contribution in [3.05, 3.63) is 34.3 Å². The summed E-state index contributed by atoms with van der Waals surface area (Å²) in [4.78, 5) is 11.8. The first-order valence-electron chi connectivity index (χ1n) is 6.06. The third-order valence-corrected chi connectivity index (χ3v) is 2.83. The number of methoxy groups -OCH3 is 1. The second kappa shape index (κ2) is 6.91. The Labute approximate surface area is 122 Å². The number of hydrogen-bond donors (Lipinski definition) is 1. The third-order valence-electron chi connectivity index (χ3n) is 2.30. The normalized spacial score (nSPS) is 12.9. The highest BCUT2D eigenvalue weighted by Crippen LogP contribution is 2.18. The van der Waals surface area contributed by atoms with Gasteiger partial charge in [-0.05, 0) is 38.5 Å². The zero-order valence-electron chi connectivity index (χ0n) is 11.7. The zero-order chi connectivity index (χ0) is 14.5. The fourth-order valence-electron chi connectivity index (χ4n) is 1.53. The van der Waals surface area contributed by atoms with Crippen LogP contribution in [0, 0.1) is 0 Å². The predicted molar refractivity (Wildman–Crippen MR) is 78.1 cm³/mol. The van der Waals surface area contributed by atoms with Crippen LogP contribution in [0.2, 0.25) is 0 Å². The van der Waals surface area contributed by atoms with Crippen LogP contribution in [0.25, 0.3) is 0 Å². The summed E-state index contributed by atoms with van der Waals surface area (Å²) in [5, 5.41) is 2.81. The second-order valence-corrected chi connectivity index (χ2v) is 6.12. The standard InChI is InChI=1S/C14H20BrNO3/c1-14(2,3)19-13(17)16-12(9-18-4)10-5-7-11(15)8-6-10/h5-8,12H,9H2,1-4H3,(H,16,17)/t12-/m0/s1. The molecule has 0 bridgehead atoms. The number of benzene rings is 1. The molecule has 0 aliphatic rings. The van der Waals surface area contributed by atoms with E-state index in [-0.39, 0.29) is 6.04 Å². The van der Waals surface area contributed by atoms with Crippen LogP contribution in [0.5, 0.6) is 0 Å². The van der Waals surface area contributed by atoms with Gasteiger partial charge in [-0.15, -0.1) is 0 Å². The van der Waals surface area contributed by atoms with Gasteiger partial charge in [0.25, 0.3) is 0 Å². The van der Waals surface area contributed by atoms with E-state index in [0.29, 0.717) is 6.61 Å². The van der Waals surface area contributed by atoms with Gasteiger partial charge in [-0.2, -0.15) is 0 Å². The van der Waals surface area contributed by atoms with Crippen LogP contribution in [0.1, 0.15) is 32.4 Å². The number of alkyl carbamates (subject to hydrolysis) is 1. The molecule has 0 aliphatic heterocycles. The average molecular weight is 330 g/mol. The van der Waals surface area contributed by atoms with Crippen molar-refractivity contribution < 1.29 is 14.3 Å². The summed E-state index contributed by atoms with van der Waals surface area (Å²) in [6.07, 6.45) is -0.447. The number of amides is 1. The average Bonchev–Trinajstić information content (AvgIpc) is 2.27. The Morgan fingerprint density at radius 2 is 1.89 bits per heavy atom. The highest BCUT2D eigenvalue weighted by atomic mass is 79.9. The van der Waals surface area contributed by atoms with Crippen LogP contribution in [-0.2, 0) is 9.47 Å². The van der Waals surface area contributed by atoms with Gasteiger partial charge in [0, 0.05) is 11.6 Å². The topological polar surface area (TPSA) is 47.6 Å². The molecule has 0 radical (unpaired) electrons. The van der Waals surface area contributed by atoms with Gasteiger partial charge in [-0.25, -0.2) is 4.79 Å². The van der Waals surface area contributed by atoms with Gasteiger partial charge in [0.2, 0.25) is 0 Å². The minimum atomic E-state index is -0.512. The second-order valence-electron chi connectivity index (χ2n) is 5.21. The molecular formula is C14H20BrNO3. The van der Waals surface area contributed by atoms with E-state index in [2.05, 4.69) is 21.2 Å². The van der Waals surface area contributed by atoms with E-state index in [1.54, 1.807) is 7.11 Å². The third kappa shape index (κ3) is 6.07. The summed E-state index contributed by atoms with van der Waals surface area (Å²) >= 11 is 3.38. The Kier molecular flexibility index (Phi) is 5.82. The number of rotatable bonds is 4. The first-order chi connectivity index (χ1) is 8.81. The van der Waals surface area contributed by atoms with Crippen LogP contribution >= 0.6 is 15.9 Å². The fraction of sp³-hybridized carbons (Fsp3) is 0.500. The molecule has 1 N–H and O–H groups in total. The molecule has 4 nitrogen and oxygen atoms in total. The number of hydrogen-bond acceptors (Lipinski definition) is 3. The van der Waals surface area contributed by atoms with Crippen molar-refractivity contribution in [2.45, 2.75) is 32.4 Å². The molecule has 0 saturated heterocycles. The minimum absolute atomic E-state index is 0.229. The molecule has 0 aromatic heterocycles. The lowest BCUT2D eigenvalue weighted by molar-refractivity contribution is 0.0468. The molecular weight excluding hydrogens is 310 g/mol. The Morgan fingerprint density at radius 1 is 1.32 bits per heavy atom. The van der Waals surface area contributed by atoms with Crippen LogP contribution < -0.4 is 5.32 Å². The SMILES string of the molecule is COC[C@H](NC(=O)OC(C)(C)C)c1ccc(Br)cc1. The van der Waals surface area contributed by atoms with Gasteiger partial charge in [0.15, 0.2) is 0 Å². The highest BCUT2D eigenvalue weighted by molar-refractivity contribution is 9.10. The summed E-state index contributed by atoms with van der Waals surface area (Å²) < 4.78 is 11.4. The van der Waals surface area contributed by atoms with E-state index in [1.807, 2.05) is 45.0 Å². The largest absolute Gasteiger partial charge is 0.444 e. The number of carbonyl (C=O) groups excluding carboxylic acids is 1. The Bertz CT molecular complexity index is 412.